The molecule has 80 valence electrons. The SMILES string of the molecule is CCc1c(C)cccc1C(=N)C(=O)OC. The zero-order valence-electron chi connectivity index (χ0n) is 9.26. The van der Waals surface area contributed by atoms with Gasteiger partial charge in [-0.15, -0.1) is 0 Å². The van der Waals surface area contributed by atoms with E-state index in [1.807, 2.05) is 26.0 Å². The minimum atomic E-state index is -0.588. The van der Waals surface area contributed by atoms with Gasteiger partial charge in [-0.05, 0) is 24.5 Å². The molecular formula is C12H15NO2. The van der Waals surface area contributed by atoms with Crippen molar-refractivity contribution in [3.63, 3.8) is 0 Å². The van der Waals surface area contributed by atoms with E-state index in [1.54, 1.807) is 6.07 Å². The fourth-order valence-corrected chi connectivity index (χ4v) is 1.62. The van der Waals surface area contributed by atoms with Crippen LogP contribution in [-0.2, 0) is 16.0 Å². The van der Waals surface area contributed by atoms with Gasteiger partial charge in [-0.1, -0.05) is 25.1 Å². The zero-order valence-corrected chi connectivity index (χ0v) is 9.26. The van der Waals surface area contributed by atoms with Crippen molar-refractivity contribution in [3.8, 4) is 0 Å². The molecule has 0 saturated heterocycles. The number of rotatable bonds is 3. The van der Waals surface area contributed by atoms with E-state index in [4.69, 9.17) is 5.41 Å². The largest absolute Gasteiger partial charge is 0.464 e. The van der Waals surface area contributed by atoms with Gasteiger partial charge in [0.15, 0.2) is 0 Å². The average Bonchev–Trinajstić information content (AvgIpc) is 2.26. The molecule has 1 N–H and O–H groups in total. The van der Waals surface area contributed by atoms with Crippen LogP contribution in [0.15, 0.2) is 18.2 Å². The van der Waals surface area contributed by atoms with Crippen molar-refractivity contribution in [3.05, 3.63) is 34.9 Å². The van der Waals surface area contributed by atoms with E-state index in [-0.39, 0.29) is 5.71 Å². The van der Waals surface area contributed by atoms with Crippen LogP contribution in [0.25, 0.3) is 0 Å². The van der Waals surface area contributed by atoms with Crippen molar-refractivity contribution in [2.75, 3.05) is 7.11 Å². The number of hydrogen-bond acceptors (Lipinski definition) is 3. The summed E-state index contributed by atoms with van der Waals surface area (Å²) in [6.45, 7) is 3.99. The van der Waals surface area contributed by atoms with E-state index in [1.165, 1.54) is 7.11 Å². The second kappa shape index (κ2) is 4.73. The molecule has 0 spiro atoms. The highest BCUT2D eigenvalue weighted by molar-refractivity contribution is 6.42. The standard InChI is InChI=1S/C12H15NO2/c1-4-9-8(2)6-5-7-10(9)11(13)12(14)15-3/h5-7,13H,4H2,1-3H3. The predicted molar refractivity (Wildman–Crippen MR) is 59.4 cm³/mol. The molecular weight excluding hydrogens is 190 g/mol. The molecule has 0 aliphatic rings. The van der Waals surface area contributed by atoms with Crippen molar-refractivity contribution >= 4 is 11.7 Å². The molecule has 0 heterocycles. The third-order valence-corrected chi connectivity index (χ3v) is 2.42. The van der Waals surface area contributed by atoms with Gasteiger partial charge in [-0.3, -0.25) is 5.41 Å². The van der Waals surface area contributed by atoms with Gasteiger partial charge in [0.25, 0.3) is 0 Å². The Labute approximate surface area is 89.6 Å². The lowest BCUT2D eigenvalue weighted by Gasteiger charge is -2.10. The first kappa shape index (κ1) is 11.4. The molecule has 3 heteroatoms. The number of benzene rings is 1. The van der Waals surface area contributed by atoms with E-state index in [0.29, 0.717) is 5.56 Å². The minimum absolute atomic E-state index is 0.0712. The van der Waals surface area contributed by atoms with Gasteiger partial charge in [0.05, 0.1) is 7.11 Å². The van der Waals surface area contributed by atoms with Crippen LogP contribution in [0, 0.1) is 12.3 Å². The summed E-state index contributed by atoms with van der Waals surface area (Å²) in [5, 5.41) is 7.70. The summed E-state index contributed by atoms with van der Waals surface area (Å²) in [4.78, 5) is 11.2. The van der Waals surface area contributed by atoms with Crippen LogP contribution in [-0.4, -0.2) is 18.8 Å². The highest BCUT2D eigenvalue weighted by atomic mass is 16.5. The van der Waals surface area contributed by atoms with Crippen LogP contribution >= 0.6 is 0 Å². The van der Waals surface area contributed by atoms with Gasteiger partial charge in [-0.25, -0.2) is 4.79 Å². The Bertz CT molecular complexity index is 397. The number of carbonyl (C=O) groups is 1. The summed E-state index contributed by atoms with van der Waals surface area (Å²) >= 11 is 0. The first-order chi connectivity index (χ1) is 7.11. The summed E-state index contributed by atoms with van der Waals surface area (Å²) in [5.41, 5.74) is 2.74. The maximum absolute atomic E-state index is 11.2. The second-order valence-corrected chi connectivity index (χ2v) is 3.32. The Hall–Kier alpha value is -1.64. The first-order valence-corrected chi connectivity index (χ1v) is 4.87. The highest BCUT2D eigenvalue weighted by Crippen LogP contribution is 2.15. The maximum Gasteiger partial charge on any atom is 0.356 e. The van der Waals surface area contributed by atoms with Gasteiger partial charge < -0.3 is 4.74 Å². The Balaban J connectivity index is 3.19. The molecule has 0 bridgehead atoms. The number of methoxy groups -OCH3 is 1. The highest BCUT2D eigenvalue weighted by Gasteiger charge is 2.15. The minimum Gasteiger partial charge on any atom is -0.464 e. The lowest BCUT2D eigenvalue weighted by atomic mass is 9.96. The van der Waals surface area contributed by atoms with Crippen LogP contribution in [0.5, 0.6) is 0 Å². The van der Waals surface area contributed by atoms with E-state index in [0.717, 1.165) is 17.5 Å². The molecule has 0 fully saturated rings. The van der Waals surface area contributed by atoms with E-state index in [2.05, 4.69) is 4.74 Å². The predicted octanol–water partition coefficient (Wildman–Crippen LogP) is 2.10. The van der Waals surface area contributed by atoms with E-state index in [9.17, 15) is 4.79 Å². The second-order valence-electron chi connectivity index (χ2n) is 3.32. The number of aryl methyl sites for hydroxylation is 1. The molecule has 1 rings (SSSR count). The van der Waals surface area contributed by atoms with Gasteiger partial charge in [0, 0.05) is 5.56 Å². The van der Waals surface area contributed by atoms with Crippen molar-refractivity contribution < 1.29 is 9.53 Å². The third kappa shape index (κ3) is 2.24. The van der Waals surface area contributed by atoms with Crippen LogP contribution < -0.4 is 0 Å². The van der Waals surface area contributed by atoms with Gasteiger partial charge in [0.2, 0.25) is 0 Å². The quantitative estimate of drug-likeness (QED) is 0.606. The fraction of sp³-hybridized carbons (Fsp3) is 0.333. The Morgan fingerprint density at radius 1 is 1.47 bits per heavy atom. The van der Waals surface area contributed by atoms with Gasteiger partial charge in [-0.2, -0.15) is 0 Å². The maximum atomic E-state index is 11.2. The third-order valence-electron chi connectivity index (χ3n) is 2.42. The molecule has 0 amide bonds. The molecule has 0 atom stereocenters. The fourth-order valence-electron chi connectivity index (χ4n) is 1.62. The number of esters is 1. The molecule has 0 aliphatic heterocycles. The molecule has 0 radical (unpaired) electrons. The summed E-state index contributed by atoms with van der Waals surface area (Å²) in [6.07, 6.45) is 0.807. The van der Waals surface area contributed by atoms with Crippen molar-refractivity contribution in [2.45, 2.75) is 20.3 Å². The van der Waals surface area contributed by atoms with E-state index >= 15 is 0 Å². The van der Waals surface area contributed by atoms with Gasteiger partial charge >= 0.3 is 5.97 Å². The lowest BCUT2D eigenvalue weighted by Crippen LogP contribution is -2.17. The van der Waals surface area contributed by atoms with Gasteiger partial charge in [0.1, 0.15) is 5.71 Å². The smallest absolute Gasteiger partial charge is 0.356 e. The lowest BCUT2D eigenvalue weighted by molar-refractivity contribution is -0.132. The van der Waals surface area contributed by atoms with Crippen LogP contribution in [0.3, 0.4) is 0 Å². The normalized spacial score (nSPS) is 9.80. The molecule has 3 nitrogen and oxygen atoms in total. The van der Waals surface area contributed by atoms with Crippen molar-refractivity contribution in [1.29, 1.82) is 5.41 Å². The monoisotopic (exact) mass is 205 g/mol. The number of ether oxygens (including phenoxy) is 1. The van der Waals surface area contributed by atoms with Crippen LogP contribution in [0.2, 0.25) is 0 Å². The Morgan fingerprint density at radius 2 is 2.13 bits per heavy atom. The van der Waals surface area contributed by atoms with Crippen LogP contribution in [0.1, 0.15) is 23.6 Å². The number of nitrogens with one attached hydrogen (secondary N) is 1. The first-order valence-electron chi connectivity index (χ1n) is 4.87. The average molecular weight is 205 g/mol. The zero-order chi connectivity index (χ0) is 11.4. The number of carbonyl (C=O) groups excluding carboxylic acids is 1. The molecule has 0 aliphatic carbocycles. The summed E-state index contributed by atoms with van der Waals surface area (Å²) in [6, 6.07) is 5.61. The van der Waals surface area contributed by atoms with Crippen molar-refractivity contribution in [2.24, 2.45) is 0 Å². The topological polar surface area (TPSA) is 50.2 Å². The molecule has 1 aromatic carbocycles. The van der Waals surface area contributed by atoms with Crippen LogP contribution in [0.4, 0.5) is 0 Å². The number of hydrogen-bond donors (Lipinski definition) is 1. The van der Waals surface area contributed by atoms with Crippen molar-refractivity contribution in [1.82, 2.24) is 0 Å². The molecule has 0 aromatic heterocycles. The molecule has 15 heavy (non-hydrogen) atoms. The molecule has 1 aromatic rings. The summed E-state index contributed by atoms with van der Waals surface area (Å²) in [5.74, 6) is -0.588. The molecule has 0 saturated carbocycles. The Kier molecular flexibility index (Phi) is 3.61. The van der Waals surface area contributed by atoms with E-state index < -0.39 is 5.97 Å². The molecule has 0 unspecified atom stereocenters. The summed E-state index contributed by atoms with van der Waals surface area (Å²) < 4.78 is 4.54. The Morgan fingerprint density at radius 3 is 2.67 bits per heavy atom. The summed E-state index contributed by atoms with van der Waals surface area (Å²) in [7, 11) is 1.29.